The number of ketones is 1. The molecule has 19 heavy (non-hydrogen) atoms. The highest BCUT2D eigenvalue weighted by molar-refractivity contribution is 6.00. The minimum atomic E-state index is -0.361. The first-order valence-electron chi connectivity index (χ1n) is 7.18. The Balaban J connectivity index is 2.64. The Hall–Kier alpha value is -1.15. The molecule has 0 spiro atoms. The van der Waals surface area contributed by atoms with Gasteiger partial charge in [-0.2, -0.15) is 0 Å². The van der Waals surface area contributed by atoms with Crippen LogP contribution in [-0.4, -0.2) is 18.5 Å². The van der Waals surface area contributed by atoms with Crippen LogP contribution in [0.2, 0.25) is 0 Å². The van der Waals surface area contributed by atoms with Gasteiger partial charge in [0.1, 0.15) is 6.10 Å². The van der Waals surface area contributed by atoms with Crippen LogP contribution in [-0.2, 0) is 4.74 Å². The number of rotatable bonds is 7. The largest absolute Gasteiger partial charge is 0.370 e. The molecular formula is C17H26O2. The third kappa shape index (κ3) is 4.79. The molecule has 0 aliphatic carbocycles. The zero-order valence-corrected chi connectivity index (χ0v) is 12.8. The first-order chi connectivity index (χ1) is 8.95. The monoisotopic (exact) mass is 262 g/mol. The van der Waals surface area contributed by atoms with Crippen molar-refractivity contribution in [1.29, 1.82) is 0 Å². The molecular weight excluding hydrogens is 236 g/mol. The number of hydrogen-bond acceptors (Lipinski definition) is 2. The van der Waals surface area contributed by atoms with E-state index >= 15 is 0 Å². The van der Waals surface area contributed by atoms with Crippen molar-refractivity contribution in [3.63, 3.8) is 0 Å². The fraction of sp³-hybridized carbons (Fsp3) is 0.588. The van der Waals surface area contributed by atoms with E-state index in [9.17, 15) is 4.79 Å². The van der Waals surface area contributed by atoms with Crippen LogP contribution in [0.4, 0.5) is 0 Å². The summed E-state index contributed by atoms with van der Waals surface area (Å²) in [5.41, 5.74) is 2.92. The number of carbonyl (C=O) groups excluding carboxylic acids is 1. The van der Waals surface area contributed by atoms with Crippen LogP contribution in [0.25, 0.3) is 0 Å². The van der Waals surface area contributed by atoms with Gasteiger partial charge in [0, 0.05) is 5.56 Å². The van der Waals surface area contributed by atoms with Gasteiger partial charge in [0.15, 0.2) is 5.78 Å². The summed E-state index contributed by atoms with van der Waals surface area (Å²) in [6, 6.07) is 5.98. The Labute approximate surface area is 117 Å². The first kappa shape index (κ1) is 15.9. The van der Waals surface area contributed by atoms with E-state index in [4.69, 9.17) is 4.74 Å². The molecule has 0 heterocycles. The third-order valence-electron chi connectivity index (χ3n) is 3.44. The molecule has 0 aromatic heterocycles. The van der Waals surface area contributed by atoms with Crippen LogP contribution in [0.15, 0.2) is 18.2 Å². The third-order valence-corrected chi connectivity index (χ3v) is 3.44. The predicted molar refractivity (Wildman–Crippen MR) is 79.7 cm³/mol. The summed E-state index contributed by atoms with van der Waals surface area (Å²) >= 11 is 0. The topological polar surface area (TPSA) is 26.3 Å². The van der Waals surface area contributed by atoms with Gasteiger partial charge in [-0.25, -0.2) is 0 Å². The maximum atomic E-state index is 12.4. The number of ether oxygens (including phenoxy) is 1. The predicted octanol–water partition coefficient (Wildman–Crippen LogP) is 4.33. The lowest BCUT2D eigenvalue weighted by Crippen LogP contribution is -2.24. The quantitative estimate of drug-likeness (QED) is 0.684. The second-order valence-electron chi connectivity index (χ2n) is 5.55. The smallest absolute Gasteiger partial charge is 0.191 e. The number of hydrogen-bond donors (Lipinski definition) is 0. The van der Waals surface area contributed by atoms with Crippen molar-refractivity contribution in [2.45, 2.75) is 53.6 Å². The average molecular weight is 262 g/mol. The molecule has 1 rings (SSSR count). The fourth-order valence-electron chi connectivity index (χ4n) is 2.18. The molecule has 1 aromatic rings. The summed E-state index contributed by atoms with van der Waals surface area (Å²) in [7, 11) is 0. The molecule has 0 saturated heterocycles. The highest BCUT2D eigenvalue weighted by Crippen LogP contribution is 2.15. The molecule has 0 fully saturated rings. The van der Waals surface area contributed by atoms with E-state index in [0.717, 1.165) is 29.5 Å². The van der Waals surface area contributed by atoms with Gasteiger partial charge in [0.25, 0.3) is 0 Å². The van der Waals surface area contributed by atoms with E-state index in [-0.39, 0.29) is 11.9 Å². The van der Waals surface area contributed by atoms with Crippen molar-refractivity contribution >= 4 is 5.78 Å². The van der Waals surface area contributed by atoms with Gasteiger partial charge in [-0.05, 0) is 44.7 Å². The van der Waals surface area contributed by atoms with E-state index in [1.165, 1.54) is 0 Å². The van der Waals surface area contributed by atoms with Gasteiger partial charge in [-0.15, -0.1) is 0 Å². The van der Waals surface area contributed by atoms with Crippen molar-refractivity contribution in [1.82, 2.24) is 0 Å². The molecule has 0 bridgehead atoms. The molecule has 0 N–H and O–H groups in total. The Morgan fingerprint density at radius 2 is 1.95 bits per heavy atom. The molecule has 0 saturated carbocycles. The van der Waals surface area contributed by atoms with E-state index < -0.39 is 0 Å². The van der Waals surface area contributed by atoms with Crippen LogP contribution in [0.1, 0.15) is 55.1 Å². The molecule has 2 nitrogen and oxygen atoms in total. The molecule has 1 aromatic carbocycles. The number of aryl methyl sites for hydroxylation is 2. The molecule has 2 unspecified atom stereocenters. The zero-order valence-electron chi connectivity index (χ0n) is 12.8. The average Bonchev–Trinajstić information content (AvgIpc) is 2.38. The van der Waals surface area contributed by atoms with E-state index in [1.807, 2.05) is 39.0 Å². The number of benzene rings is 1. The van der Waals surface area contributed by atoms with Crippen LogP contribution < -0.4 is 0 Å². The lowest BCUT2D eigenvalue weighted by Gasteiger charge is -2.17. The molecule has 2 heteroatoms. The van der Waals surface area contributed by atoms with Gasteiger partial charge in [-0.3, -0.25) is 4.79 Å². The Bertz CT molecular complexity index is 423. The summed E-state index contributed by atoms with van der Waals surface area (Å²) < 4.78 is 5.72. The normalized spacial score (nSPS) is 14.2. The van der Waals surface area contributed by atoms with Crippen molar-refractivity contribution in [3.05, 3.63) is 34.9 Å². The number of Topliss-reactive ketones (excluding diaryl/α,β-unsaturated/α-hetero) is 1. The minimum absolute atomic E-state index is 0.0879. The Morgan fingerprint density at radius 1 is 1.26 bits per heavy atom. The molecule has 0 aliphatic heterocycles. The van der Waals surface area contributed by atoms with Crippen LogP contribution in [0.3, 0.4) is 0 Å². The maximum Gasteiger partial charge on any atom is 0.191 e. The van der Waals surface area contributed by atoms with Gasteiger partial charge in [0.2, 0.25) is 0 Å². The second kappa shape index (κ2) is 7.44. The van der Waals surface area contributed by atoms with E-state index in [2.05, 4.69) is 13.8 Å². The summed E-state index contributed by atoms with van der Waals surface area (Å²) in [4.78, 5) is 12.4. The van der Waals surface area contributed by atoms with Crippen molar-refractivity contribution < 1.29 is 9.53 Å². The van der Waals surface area contributed by atoms with Crippen LogP contribution in [0.5, 0.6) is 0 Å². The van der Waals surface area contributed by atoms with Crippen molar-refractivity contribution in [3.8, 4) is 0 Å². The van der Waals surface area contributed by atoms with Gasteiger partial charge < -0.3 is 4.74 Å². The van der Waals surface area contributed by atoms with E-state index in [0.29, 0.717) is 12.5 Å². The highest BCUT2D eigenvalue weighted by atomic mass is 16.5. The summed E-state index contributed by atoms with van der Waals surface area (Å²) in [6.07, 6.45) is 1.94. The van der Waals surface area contributed by atoms with Crippen LogP contribution >= 0.6 is 0 Å². The number of carbonyl (C=O) groups is 1. The second-order valence-corrected chi connectivity index (χ2v) is 5.55. The highest BCUT2D eigenvalue weighted by Gasteiger charge is 2.18. The summed E-state index contributed by atoms with van der Waals surface area (Å²) in [5.74, 6) is 0.601. The first-order valence-corrected chi connectivity index (χ1v) is 7.18. The van der Waals surface area contributed by atoms with Crippen LogP contribution in [0, 0.1) is 19.8 Å². The SMILES string of the molecule is CCCC(C)COC(C)C(=O)c1cc(C)ccc1C. The van der Waals surface area contributed by atoms with Gasteiger partial charge in [-0.1, -0.05) is 38.0 Å². The fourth-order valence-corrected chi connectivity index (χ4v) is 2.18. The van der Waals surface area contributed by atoms with Gasteiger partial charge in [0.05, 0.1) is 6.61 Å². The lowest BCUT2D eigenvalue weighted by atomic mass is 9.99. The summed E-state index contributed by atoms with van der Waals surface area (Å²) in [6.45, 7) is 10.8. The van der Waals surface area contributed by atoms with Crippen molar-refractivity contribution in [2.24, 2.45) is 5.92 Å². The standard InChI is InChI=1S/C17H26O2/c1-6-7-13(3)11-19-15(5)17(18)16-10-12(2)8-9-14(16)4/h8-10,13,15H,6-7,11H2,1-5H3. The lowest BCUT2D eigenvalue weighted by molar-refractivity contribution is 0.0353. The Kier molecular flexibility index (Phi) is 6.23. The molecule has 0 amide bonds. The molecule has 0 aliphatic rings. The van der Waals surface area contributed by atoms with Gasteiger partial charge >= 0.3 is 0 Å². The molecule has 106 valence electrons. The molecule has 0 radical (unpaired) electrons. The van der Waals surface area contributed by atoms with E-state index in [1.54, 1.807) is 0 Å². The van der Waals surface area contributed by atoms with Crippen molar-refractivity contribution in [2.75, 3.05) is 6.61 Å². The molecule has 2 atom stereocenters. The summed E-state index contributed by atoms with van der Waals surface area (Å²) in [5, 5.41) is 0. The minimum Gasteiger partial charge on any atom is -0.370 e. The zero-order chi connectivity index (χ0) is 14.4. The Morgan fingerprint density at radius 3 is 2.58 bits per heavy atom. The maximum absolute atomic E-state index is 12.4.